The summed E-state index contributed by atoms with van der Waals surface area (Å²) in [6.07, 6.45) is 9.12. The van der Waals surface area contributed by atoms with Crippen molar-refractivity contribution in [3.63, 3.8) is 0 Å². The Morgan fingerprint density at radius 1 is 1.22 bits per heavy atom. The molecule has 120 valence electrons. The third kappa shape index (κ3) is 3.29. The molecule has 2 aliphatic heterocycles. The molecular weight excluding hydrogens is 288 g/mol. The average Bonchev–Trinajstić information content (AvgIpc) is 3.18. The average molecular weight is 310 g/mol. The van der Waals surface area contributed by atoms with Crippen LogP contribution in [0.4, 0.5) is 5.69 Å². The zero-order chi connectivity index (χ0) is 15.6. The van der Waals surface area contributed by atoms with E-state index in [1.54, 1.807) is 10.9 Å². The topological polar surface area (TPSA) is 59.0 Å². The Hall–Kier alpha value is -2.14. The molecule has 1 amide bonds. The minimum atomic E-state index is 0.128. The predicted octanol–water partition coefficient (Wildman–Crippen LogP) is 2.73. The molecule has 23 heavy (non-hydrogen) atoms. The summed E-state index contributed by atoms with van der Waals surface area (Å²) in [7, 11) is 0. The molecule has 1 aromatic heterocycles. The van der Waals surface area contributed by atoms with Gasteiger partial charge in [0.1, 0.15) is 0 Å². The van der Waals surface area contributed by atoms with E-state index in [9.17, 15) is 4.79 Å². The van der Waals surface area contributed by atoms with E-state index in [4.69, 9.17) is 0 Å². The fourth-order valence-electron chi connectivity index (χ4n) is 3.94. The number of nitrogens with one attached hydrogen (secondary N) is 2. The van der Waals surface area contributed by atoms with E-state index in [-0.39, 0.29) is 5.91 Å². The molecule has 2 unspecified atom stereocenters. The molecule has 2 N–H and O–H groups in total. The number of piperidine rings is 1. The standard InChI is InChI=1S/C18H22N4O/c23-18(12-13-10-15-2-3-16(11-13)20-15)21-14-4-6-17(7-5-14)22-9-1-8-19-22/h1,4-9,13,15-16,20H,2-3,10-12H2,(H,21,23). The van der Waals surface area contributed by atoms with Gasteiger partial charge in [-0.1, -0.05) is 0 Å². The number of aromatic nitrogens is 2. The van der Waals surface area contributed by atoms with Gasteiger partial charge in [0.2, 0.25) is 5.91 Å². The third-order valence-corrected chi connectivity index (χ3v) is 4.96. The van der Waals surface area contributed by atoms with Crippen LogP contribution < -0.4 is 10.6 Å². The van der Waals surface area contributed by atoms with Gasteiger partial charge in [0.25, 0.3) is 0 Å². The molecule has 2 aromatic rings. The maximum atomic E-state index is 12.3. The number of benzene rings is 1. The predicted molar refractivity (Wildman–Crippen MR) is 89.5 cm³/mol. The summed E-state index contributed by atoms with van der Waals surface area (Å²) in [5.74, 6) is 0.653. The van der Waals surface area contributed by atoms with Crippen LogP contribution in [0.25, 0.3) is 5.69 Å². The molecule has 2 fully saturated rings. The summed E-state index contributed by atoms with van der Waals surface area (Å²) in [5, 5.41) is 10.8. The monoisotopic (exact) mass is 310 g/mol. The smallest absolute Gasteiger partial charge is 0.224 e. The Labute approximate surface area is 136 Å². The molecule has 0 aliphatic carbocycles. The van der Waals surface area contributed by atoms with Crippen LogP contribution in [0.5, 0.6) is 0 Å². The molecule has 0 saturated carbocycles. The maximum absolute atomic E-state index is 12.3. The van der Waals surface area contributed by atoms with Crippen molar-refractivity contribution in [2.45, 2.75) is 44.2 Å². The van der Waals surface area contributed by atoms with E-state index in [0.717, 1.165) is 24.2 Å². The lowest BCUT2D eigenvalue weighted by molar-refractivity contribution is -0.117. The first-order chi connectivity index (χ1) is 11.3. The SMILES string of the molecule is O=C(CC1CC2CCC(C1)N2)Nc1ccc(-n2cccn2)cc1. The largest absolute Gasteiger partial charge is 0.326 e. The Balaban J connectivity index is 1.33. The minimum absolute atomic E-state index is 0.128. The summed E-state index contributed by atoms with van der Waals surface area (Å²) < 4.78 is 1.80. The van der Waals surface area contributed by atoms with Crippen molar-refractivity contribution in [1.82, 2.24) is 15.1 Å². The van der Waals surface area contributed by atoms with E-state index < -0.39 is 0 Å². The number of hydrogen-bond donors (Lipinski definition) is 2. The number of hydrogen-bond acceptors (Lipinski definition) is 3. The van der Waals surface area contributed by atoms with Crippen LogP contribution >= 0.6 is 0 Å². The van der Waals surface area contributed by atoms with Gasteiger partial charge < -0.3 is 10.6 Å². The molecule has 2 saturated heterocycles. The quantitative estimate of drug-likeness (QED) is 0.913. The van der Waals surface area contributed by atoms with Crippen molar-refractivity contribution >= 4 is 11.6 Å². The summed E-state index contributed by atoms with van der Waals surface area (Å²) in [4.78, 5) is 12.3. The number of carbonyl (C=O) groups excluding carboxylic acids is 1. The Morgan fingerprint density at radius 3 is 2.61 bits per heavy atom. The summed E-state index contributed by atoms with van der Waals surface area (Å²) in [6.45, 7) is 0. The molecule has 0 spiro atoms. The van der Waals surface area contributed by atoms with Gasteiger partial charge in [0, 0.05) is 36.6 Å². The van der Waals surface area contributed by atoms with Gasteiger partial charge in [-0.25, -0.2) is 4.68 Å². The number of amides is 1. The van der Waals surface area contributed by atoms with Gasteiger partial charge in [0.15, 0.2) is 0 Å². The van der Waals surface area contributed by atoms with Crippen molar-refractivity contribution in [3.05, 3.63) is 42.7 Å². The minimum Gasteiger partial charge on any atom is -0.326 e. The van der Waals surface area contributed by atoms with Crippen molar-refractivity contribution in [1.29, 1.82) is 0 Å². The molecule has 4 rings (SSSR count). The number of anilines is 1. The lowest BCUT2D eigenvalue weighted by Gasteiger charge is -2.28. The highest BCUT2D eigenvalue weighted by Crippen LogP contribution is 2.32. The molecule has 3 heterocycles. The second kappa shape index (κ2) is 6.16. The second-order valence-corrected chi connectivity index (χ2v) is 6.73. The van der Waals surface area contributed by atoms with Crippen molar-refractivity contribution in [2.24, 2.45) is 5.92 Å². The van der Waals surface area contributed by atoms with Gasteiger partial charge in [-0.05, 0) is 61.9 Å². The first-order valence-electron chi connectivity index (χ1n) is 8.42. The summed E-state index contributed by atoms with van der Waals surface area (Å²) in [6, 6.07) is 11.0. The molecule has 5 heteroatoms. The van der Waals surface area contributed by atoms with Gasteiger partial charge in [-0.15, -0.1) is 0 Å². The lowest BCUT2D eigenvalue weighted by atomic mass is 9.89. The van der Waals surface area contributed by atoms with Crippen molar-refractivity contribution in [3.8, 4) is 5.69 Å². The van der Waals surface area contributed by atoms with Crippen LogP contribution in [0.3, 0.4) is 0 Å². The molecular formula is C18H22N4O. The number of nitrogens with zero attached hydrogens (tertiary/aromatic N) is 2. The number of fused-ring (bicyclic) bond motifs is 2. The van der Waals surface area contributed by atoms with Gasteiger partial charge in [-0.2, -0.15) is 5.10 Å². The Morgan fingerprint density at radius 2 is 1.96 bits per heavy atom. The van der Waals surface area contributed by atoms with Crippen LogP contribution in [0, 0.1) is 5.92 Å². The first kappa shape index (κ1) is 14.5. The molecule has 5 nitrogen and oxygen atoms in total. The van der Waals surface area contributed by atoms with Crippen LogP contribution in [-0.4, -0.2) is 27.8 Å². The van der Waals surface area contributed by atoms with Gasteiger partial charge in [-0.3, -0.25) is 4.79 Å². The third-order valence-electron chi connectivity index (χ3n) is 4.96. The van der Waals surface area contributed by atoms with Crippen LogP contribution in [0.1, 0.15) is 32.1 Å². The number of rotatable bonds is 4. The molecule has 2 atom stereocenters. The van der Waals surface area contributed by atoms with Crippen LogP contribution in [0.2, 0.25) is 0 Å². The van der Waals surface area contributed by atoms with E-state index in [1.165, 1.54) is 12.8 Å². The van der Waals surface area contributed by atoms with E-state index in [0.29, 0.717) is 24.4 Å². The second-order valence-electron chi connectivity index (χ2n) is 6.73. The summed E-state index contributed by atoms with van der Waals surface area (Å²) in [5.41, 5.74) is 1.84. The van der Waals surface area contributed by atoms with E-state index in [2.05, 4.69) is 15.7 Å². The van der Waals surface area contributed by atoms with E-state index in [1.807, 2.05) is 36.5 Å². The zero-order valence-electron chi connectivity index (χ0n) is 13.1. The first-order valence-corrected chi connectivity index (χ1v) is 8.42. The Kier molecular flexibility index (Phi) is 3.87. The highest BCUT2D eigenvalue weighted by molar-refractivity contribution is 5.90. The molecule has 2 bridgehead atoms. The fourth-order valence-corrected chi connectivity index (χ4v) is 3.94. The lowest BCUT2D eigenvalue weighted by Crippen LogP contribution is -2.39. The highest BCUT2D eigenvalue weighted by atomic mass is 16.1. The molecule has 1 aromatic carbocycles. The van der Waals surface area contributed by atoms with Gasteiger partial charge in [0.05, 0.1) is 5.69 Å². The van der Waals surface area contributed by atoms with Crippen molar-refractivity contribution < 1.29 is 4.79 Å². The molecule has 0 radical (unpaired) electrons. The Bertz CT molecular complexity index is 653. The van der Waals surface area contributed by atoms with E-state index >= 15 is 0 Å². The fraction of sp³-hybridized carbons (Fsp3) is 0.444. The zero-order valence-corrected chi connectivity index (χ0v) is 13.1. The van der Waals surface area contributed by atoms with Crippen LogP contribution in [-0.2, 0) is 4.79 Å². The van der Waals surface area contributed by atoms with Crippen LogP contribution in [0.15, 0.2) is 42.7 Å². The highest BCUT2D eigenvalue weighted by Gasteiger charge is 2.34. The maximum Gasteiger partial charge on any atom is 0.224 e. The molecule has 2 aliphatic rings. The normalized spacial score (nSPS) is 26.2. The number of carbonyl (C=O) groups is 1. The van der Waals surface area contributed by atoms with Crippen molar-refractivity contribution in [2.75, 3.05) is 5.32 Å². The van der Waals surface area contributed by atoms with Gasteiger partial charge >= 0.3 is 0 Å². The summed E-state index contributed by atoms with van der Waals surface area (Å²) >= 11 is 0.